The maximum Gasteiger partial charge on any atom is 0.262 e. The predicted octanol–water partition coefficient (Wildman–Crippen LogP) is 0.858. The molecule has 0 fully saturated rings. The van der Waals surface area contributed by atoms with E-state index in [1.807, 2.05) is 5.38 Å². The summed E-state index contributed by atoms with van der Waals surface area (Å²) in [5.74, 6) is 5.54. The Hall–Kier alpha value is -1.35. The van der Waals surface area contributed by atoms with Crippen LogP contribution in [-0.2, 0) is 4.74 Å². The van der Waals surface area contributed by atoms with Gasteiger partial charge in [-0.05, 0) is 11.4 Å². The quantitative estimate of drug-likeness (QED) is 0.604. The molecule has 1 aromatic rings. The highest BCUT2D eigenvalue weighted by Gasteiger charge is 2.10. The van der Waals surface area contributed by atoms with E-state index in [0.29, 0.717) is 30.0 Å². The van der Waals surface area contributed by atoms with Crippen LogP contribution >= 0.6 is 11.3 Å². The lowest BCUT2D eigenvalue weighted by atomic mass is 10.2. The number of rotatable bonds is 5. The highest BCUT2D eigenvalue weighted by Crippen LogP contribution is 2.15. The van der Waals surface area contributed by atoms with E-state index in [0.717, 1.165) is 0 Å². The predicted molar refractivity (Wildman–Crippen MR) is 67.1 cm³/mol. The molecule has 4 nitrogen and oxygen atoms in total. The topological polar surface area (TPSA) is 58.6 Å². The average Bonchev–Trinajstić information content (AvgIpc) is 2.78. The Morgan fingerprint density at radius 1 is 1.65 bits per heavy atom. The first-order valence-corrected chi connectivity index (χ1v) is 6.12. The number of methoxy groups -OCH3 is 1. The summed E-state index contributed by atoms with van der Waals surface area (Å²) in [6, 6.07) is 1.81. The van der Waals surface area contributed by atoms with Gasteiger partial charge in [-0.2, -0.15) is 0 Å². The van der Waals surface area contributed by atoms with E-state index in [9.17, 15) is 4.79 Å². The van der Waals surface area contributed by atoms with Crippen LogP contribution in [-0.4, -0.2) is 37.9 Å². The van der Waals surface area contributed by atoms with Crippen LogP contribution in [0.25, 0.3) is 0 Å². The standard InChI is InChI=1S/C12H15NO3S/c1-16-8-6-13-12(15)11-10(5-9-17-11)4-2-3-7-14/h5,9,14H,3,6-8H2,1H3,(H,13,15). The number of carbonyl (C=O) groups excluding carboxylic acids is 1. The van der Waals surface area contributed by atoms with Crippen LogP contribution in [0.3, 0.4) is 0 Å². The lowest BCUT2D eigenvalue weighted by Gasteiger charge is -2.02. The fourth-order valence-electron chi connectivity index (χ4n) is 1.14. The van der Waals surface area contributed by atoms with Gasteiger partial charge in [0.05, 0.1) is 13.2 Å². The zero-order valence-corrected chi connectivity index (χ0v) is 10.5. The molecule has 0 aliphatic carbocycles. The van der Waals surface area contributed by atoms with E-state index >= 15 is 0 Å². The highest BCUT2D eigenvalue weighted by molar-refractivity contribution is 7.12. The molecule has 0 unspecified atom stereocenters. The number of thiophene rings is 1. The highest BCUT2D eigenvalue weighted by atomic mass is 32.1. The van der Waals surface area contributed by atoms with E-state index in [1.165, 1.54) is 11.3 Å². The maximum absolute atomic E-state index is 11.8. The molecule has 1 aromatic heterocycles. The molecule has 0 aromatic carbocycles. The zero-order chi connectivity index (χ0) is 12.5. The van der Waals surface area contributed by atoms with Crippen LogP contribution in [0.2, 0.25) is 0 Å². The molecule has 0 saturated carbocycles. The SMILES string of the molecule is COCCNC(=O)c1sccc1C#CCCO. The number of hydrogen-bond donors (Lipinski definition) is 2. The molecule has 5 heteroatoms. The number of carbonyl (C=O) groups is 1. The van der Waals surface area contributed by atoms with E-state index in [1.54, 1.807) is 13.2 Å². The lowest BCUT2D eigenvalue weighted by Crippen LogP contribution is -2.26. The molecule has 0 saturated heterocycles. The molecule has 1 amide bonds. The molecule has 92 valence electrons. The van der Waals surface area contributed by atoms with Crippen molar-refractivity contribution in [1.82, 2.24) is 5.32 Å². The minimum Gasteiger partial charge on any atom is -0.395 e. The Bertz CT molecular complexity index is 417. The molecular weight excluding hydrogens is 238 g/mol. The summed E-state index contributed by atoms with van der Waals surface area (Å²) in [5.41, 5.74) is 0.707. The number of aliphatic hydroxyl groups excluding tert-OH is 1. The van der Waals surface area contributed by atoms with Gasteiger partial charge in [0.15, 0.2) is 0 Å². The van der Waals surface area contributed by atoms with Crippen LogP contribution < -0.4 is 5.32 Å². The van der Waals surface area contributed by atoms with E-state index in [2.05, 4.69) is 17.2 Å². The molecule has 17 heavy (non-hydrogen) atoms. The average molecular weight is 253 g/mol. The fourth-order valence-corrected chi connectivity index (χ4v) is 1.91. The number of nitrogens with one attached hydrogen (secondary N) is 1. The second-order valence-electron chi connectivity index (χ2n) is 3.19. The molecule has 2 N–H and O–H groups in total. The molecule has 1 heterocycles. The number of hydrogen-bond acceptors (Lipinski definition) is 4. The van der Waals surface area contributed by atoms with Gasteiger partial charge in [0.2, 0.25) is 0 Å². The van der Waals surface area contributed by atoms with Gasteiger partial charge in [-0.1, -0.05) is 11.8 Å². The first-order valence-electron chi connectivity index (χ1n) is 5.24. The molecule has 0 aliphatic rings. The van der Waals surface area contributed by atoms with Crippen LogP contribution in [0.1, 0.15) is 21.7 Å². The molecule has 1 rings (SSSR count). The third-order valence-corrected chi connectivity index (χ3v) is 2.84. The van der Waals surface area contributed by atoms with Crippen molar-refractivity contribution in [2.45, 2.75) is 6.42 Å². The third kappa shape index (κ3) is 4.57. The van der Waals surface area contributed by atoms with Gasteiger partial charge >= 0.3 is 0 Å². The molecule has 0 aliphatic heterocycles. The third-order valence-electron chi connectivity index (χ3n) is 1.92. The minimum atomic E-state index is -0.134. The Balaban J connectivity index is 2.62. The Labute approximate surface area is 105 Å². The van der Waals surface area contributed by atoms with Crippen molar-refractivity contribution in [2.75, 3.05) is 26.9 Å². The van der Waals surface area contributed by atoms with Gasteiger partial charge in [-0.25, -0.2) is 0 Å². The number of aliphatic hydroxyl groups is 1. The summed E-state index contributed by atoms with van der Waals surface area (Å²) >= 11 is 1.36. The summed E-state index contributed by atoms with van der Waals surface area (Å²) in [5, 5.41) is 13.2. The van der Waals surface area contributed by atoms with Gasteiger partial charge in [0.1, 0.15) is 4.88 Å². The molecule has 0 radical (unpaired) electrons. The lowest BCUT2D eigenvalue weighted by molar-refractivity contribution is 0.0941. The maximum atomic E-state index is 11.8. The summed E-state index contributed by atoms with van der Waals surface area (Å²) in [6.45, 7) is 1.01. The van der Waals surface area contributed by atoms with Crippen molar-refractivity contribution < 1.29 is 14.6 Å². The van der Waals surface area contributed by atoms with E-state index < -0.39 is 0 Å². The zero-order valence-electron chi connectivity index (χ0n) is 9.66. The normalized spacial score (nSPS) is 9.53. The molecule has 0 bridgehead atoms. The number of amides is 1. The first-order chi connectivity index (χ1) is 8.29. The van der Waals surface area contributed by atoms with Gasteiger partial charge in [0, 0.05) is 25.6 Å². The molecule has 0 spiro atoms. The summed E-state index contributed by atoms with van der Waals surface area (Å²) in [4.78, 5) is 12.4. The second kappa shape index (κ2) is 7.85. The van der Waals surface area contributed by atoms with E-state index in [-0.39, 0.29) is 12.5 Å². The number of ether oxygens (including phenoxy) is 1. The Kier molecular flexibility index (Phi) is 6.33. The first kappa shape index (κ1) is 13.7. The van der Waals surface area contributed by atoms with Crippen LogP contribution in [0.4, 0.5) is 0 Å². The fraction of sp³-hybridized carbons (Fsp3) is 0.417. The van der Waals surface area contributed by atoms with Crippen molar-refractivity contribution in [3.8, 4) is 11.8 Å². The monoisotopic (exact) mass is 253 g/mol. The van der Waals surface area contributed by atoms with Crippen molar-refractivity contribution in [3.63, 3.8) is 0 Å². The van der Waals surface area contributed by atoms with Gasteiger partial charge in [-0.15, -0.1) is 11.3 Å². The Morgan fingerprint density at radius 2 is 2.47 bits per heavy atom. The largest absolute Gasteiger partial charge is 0.395 e. The van der Waals surface area contributed by atoms with Crippen molar-refractivity contribution >= 4 is 17.2 Å². The smallest absolute Gasteiger partial charge is 0.262 e. The Morgan fingerprint density at radius 3 is 3.18 bits per heavy atom. The summed E-state index contributed by atoms with van der Waals surface area (Å²) < 4.78 is 4.85. The van der Waals surface area contributed by atoms with Gasteiger partial charge < -0.3 is 15.2 Å². The van der Waals surface area contributed by atoms with E-state index in [4.69, 9.17) is 9.84 Å². The van der Waals surface area contributed by atoms with Crippen LogP contribution in [0.15, 0.2) is 11.4 Å². The minimum absolute atomic E-state index is 0.0342. The van der Waals surface area contributed by atoms with Crippen LogP contribution in [0.5, 0.6) is 0 Å². The van der Waals surface area contributed by atoms with Crippen LogP contribution in [0, 0.1) is 11.8 Å². The molecule has 0 atom stereocenters. The summed E-state index contributed by atoms with van der Waals surface area (Å²) in [7, 11) is 1.59. The van der Waals surface area contributed by atoms with Crippen molar-refractivity contribution in [1.29, 1.82) is 0 Å². The summed E-state index contributed by atoms with van der Waals surface area (Å²) in [6.07, 6.45) is 0.417. The molecular formula is C12H15NO3S. The van der Waals surface area contributed by atoms with Crippen molar-refractivity contribution in [2.24, 2.45) is 0 Å². The van der Waals surface area contributed by atoms with Crippen molar-refractivity contribution in [3.05, 3.63) is 21.9 Å². The second-order valence-corrected chi connectivity index (χ2v) is 4.10. The van der Waals surface area contributed by atoms with Gasteiger partial charge in [0.25, 0.3) is 5.91 Å². The van der Waals surface area contributed by atoms with Gasteiger partial charge in [-0.3, -0.25) is 4.79 Å².